The first-order valence-corrected chi connectivity index (χ1v) is 5.26. The summed E-state index contributed by atoms with van der Waals surface area (Å²) >= 11 is 0. The summed E-state index contributed by atoms with van der Waals surface area (Å²) < 4.78 is 112. The van der Waals surface area contributed by atoms with Gasteiger partial charge in [0.25, 0.3) is 0 Å². The van der Waals surface area contributed by atoms with Crippen molar-refractivity contribution in [2.45, 2.75) is 50.1 Å². The van der Waals surface area contributed by atoms with E-state index in [1.807, 2.05) is 0 Å². The monoisotopic (exact) mass is 303 g/mol. The van der Waals surface area contributed by atoms with E-state index < -0.39 is 36.3 Å². The van der Waals surface area contributed by atoms with Crippen LogP contribution in [0.3, 0.4) is 0 Å². The van der Waals surface area contributed by atoms with E-state index >= 15 is 0 Å². The molecule has 1 radical (unpaired) electrons. The van der Waals surface area contributed by atoms with Gasteiger partial charge in [0.05, 0.1) is 0 Å². The third-order valence-corrected chi connectivity index (χ3v) is 2.59. The predicted octanol–water partition coefficient (Wildman–Crippen LogP) is 5.10. The van der Waals surface area contributed by atoms with Gasteiger partial charge in [-0.3, -0.25) is 0 Å². The van der Waals surface area contributed by atoms with Crippen molar-refractivity contribution in [3.63, 3.8) is 0 Å². The number of halogens is 9. The van der Waals surface area contributed by atoms with Crippen LogP contribution in [0.25, 0.3) is 0 Å². The Morgan fingerprint density at radius 3 is 1.58 bits per heavy atom. The highest BCUT2D eigenvalue weighted by Gasteiger charge is 2.82. The van der Waals surface area contributed by atoms with Crippen LogP contribution in [0, 0.1) is 12.8 Å². The Morgan fingerprint density at radius 1 is 0.842 bits per heavy atom. The zero-order valence-electron chi connectivity index (χ0n) is 9.81. The van der Waals surface area contributed by atoms with Gasteiger partial charge in [0, 0.05) is 5.92 Å². The molecule has 0 heterocycles. The van der Waals surface area contributed by atoms with Gasteiger partial charge < -0.3 is 0 Å². The normalized spacial score (nSPS) is 16.6. The van der Waals surface area contributed by atoms with Gasteiger partial charge in [-0.2, -0.15) is 39.5 Å². The second-order valence-electron chi connectivity index (χ2n) is 4.11. The highest BCUT2D eigenvalue weighted by Crippen LogP contribution is 2.55. The van der Waals surface area contributed by atoms with Crippen molar-refractivity contribution >= 4 is 0 Å². The molecule has 0 saturated heterocycles. The van der Waals surface area contributed by atoms with Crippen molar-refractivity contribution in [1.82, 2.24) is 0 Å². The van der Waals surface area contributed by atoms with Crippen molar-refractivity contribution in [3.8, 4) is 0 Å². The van der Waals surface area contributed by atoms with Gasteiger partial charge in [0.15, 0.2) is 0 Å². The average Bonchev–Trinajstić information content (AvgIpc) is 2.23. The van der Waals surface area contributed by atoms with E-state index in [4.69, 9.17) is 0 Å². The van der Waals surface area contributed by atoms with Gasteiger partial charge in [0.2, 0.25) is 0 Å². The first kappa shape index (κ1) is 18.4. The van der Waals surface area contributed by atoms with Gasteiger partial charge in [-0.05, 0) is 13.3 Å². The molecule has 0 aromatic heterocycles. The van der Waals surface area contributed by atoms with Gasteiger partial charge in [-0.25, -0.2) is 0 Å². The standard InChI is InChI=1S/C10H12F9/c1-3-4-5-6(2)7(11,12)8(13,14)9(15,16)10(17,18)19/h6H,2-5H2,1H3. The van der Waals surface area contributed by atoms with Gasteiger partial charge in [-0.1, -0.05) is 19.8 Å². The zero-order chi connectivity index (χ0) is 15.7. The molecule has 115 valence electrons. The van der Waals surface area contributed by atoms with Gasteiger partial charge >= 0.3 is 23.9 Å². The fourth-order valence-corrected chi connectivity index (χ4v) is 1.28. The minimum atomic E-state index is -6.83. The SMILES string of the molecule is [CH2]C(CCCC)C(F)(F)C(F)(F)C(F)(F)C(F)(F)F. The number of hydrogen-bond acceptors (Lipinski definition) is 0. The lowest BCUT2D eigenvalue weighted by molar-refractivity contribution is -0.401. The van der Waals surface area contributed by atoms with Crippen LogP contribution in [0.1, 0.15) is 26.2 Å². The van der Waals surface area contributed by atoms with E-state index in [1.165, 1.54) is 6.92 Å². The summed E-state index contributed by atoms with van der Waals surface area (Å²) in [6, 6.07) is 0. The molecule has 0 aromatic rings. The van der Waals surface area contributed by atoms with Crippen LogP contribution < -0.4 is 0 Å². The average molecular weight is 303 g/mol. The molecule has 0 N–H and O–H groups in total. The molecule has 0 amide bonds. The van der Waals surface area contributed by atoms with Crippen LogP contribution in [0.15, 0.2) is 0 Å². The maximum Gasteiger partial charge on any atom is 0.460 e. The number of hydrogen-bond donors (Lipinski definition) is 0. The first-order chi connectivity index (χ1) is 8.23. The van der Waals surface area contributed by atoms with Crippen molar-refractivity contribution in [3.05, 3.63) is 6.92 Å². The molecule has 9 heteroatoms. The Hall–Kier alpha value is -0.630. The van der Waals surface area contributed by atoms with E-state index in [1.54, 1.807) is 0 Å². The Kier molecular flexibility index (Phi) is 5.22. The largest absolute Gasteiger partial charge is 0.460 e. The molecule has 0 bridgehead atoms. The maximum atomic E-state index is 13.2. The van der Waals surface area contributed by atoms with E-state index in [0.717, 1.165) is 0 Å². The van der Waals surface area contributed by atoms with E-state index in [9.17, 15) is 39.5 Å². The quantitative estimate of drug-likeness (QED) is 0.599. The van der Waals surface area contributed by atoms with Crippen molar-refractivity contribution in [2.24, 2.45) is 5.92 Å². The number of unbranched alkanes of at least 4 members (excludes halogenated alkanes) is 1. The second kappa shape index (κ2) is 5.40. The summed E-state index contributed by atoms with van der Waals surface area (Å²) in [5, 5.41) is 0. The van der Waals surface area contributed by atoms with Crippen LogP contribution in [0.4, 0.5) is 39.5 Å². The summed E-state index contributed by atoms with van der Waals surface area (Å²) in [5.74, 6) is -21.5. The highest BCUT2D eigenvalue weighted by atomic mass is 19.4. The molecular formula is C10H12F9. The molecule has 0 aliphatic rings. The number of alkyl halides is 9. The smallest absolute Gasteiger partial charge is 0.199 e. The Labute approximate surface area is 104 Å². The van der Waals surface area contributed by atoms with Gasteiger partial charge in [-0.15, -0.1) is 0 Å². The Balaban J connectivity index is 5.38. The topological polar surface area (TPSA) is 0 Å². The predicted molar refractivity (Wildman–Crippen MR) is 49.3 cm³/mol. The van der Waals surface area contributed by atoms with Crippen molar-refractivity contribution in [1.29, 1.82) is 0 Å². The van der Waals surface area contributed by atoms with E-state index in [0.29, 0.717) is 0 Å². The summed E-state index contributed by atoms with van der Waals surface area (Å²) in [6.45, 7) is 4.09. The third kappa shape index (κ3) is 3.10. The second-order valence-corrected chi connectivity index (χ2v) is 4.11. The zero-order valence-corrected chi connectivity index (χ0v) is 9.81. The lowest BCUT2D eigenvalue weighted by Crippen LogP contribution is -2.62. The summed E-state index contributed by atoms with van der Waals surface area (Å²) in [5.41, 5.74) is 0. The third-order valence-electron chi connectivity index (χ3n) is 2.59. The summed E-state index contributed by atoms with van der Waals surface area (Å²) in [4.78, 5) is 0. The first-order valence-electron chi connectivity index (χ1n) is 5.26. The molecule has 1 unspecified atom stereocenters. The lowest BCUT2D eigenvalue weighted by Gasteiger charge is -2.36. The molecule has 0 aliphatic carbocycles. The van der Waals surface area contributed by atoms with Crippen LogP contribution in [-0.4, -0.2) is 23.9 Å². The van der Waals surface area contributed by atoms with Crippen LogP contribution in [0.5, 0.6) is 0 Å². The molecule has 19 heavy (non-hydrogen) atoms. The minimum absolute atomic E-state index is 0.0442. The fraction of sp³-hybridized carbons (Fsp3) is 0.900. The molecule has 0 rings (SSSR count). The van der Waals surface area contributed by atoms with Crippen LogP contribution in [-0.2, 0) is 0 Å². The molecule has 0 saturated carbocycles. The van der Waals surface area contributed by atoms with Crippen molar-refractivity contribution in [2.75, 3.05) is 0 Å². The van der Waals surface area contributed by atoms with E-state index in [2.05, 4.69) is 6.92 Å². The van der Waals surface area contributed by atoms with Crippen molar-refractivity contribution < 1.29 is 39.5 Å². The fourth-order valence-electron chi connectivity index (χ4n) is 1.28. The number of rotatable bonds is 6. The summed E-state index contributed by atoms with van der Waals surface area (Å²) in [7, 11) is 0. The Bertz CT molecular complexity index is 292. The lowest BCUT2D eigenvalue weighted by atomic mass is 9.89. The minimum Gasteiger partial charge on any atom is -0.199 e. The molecule has 1 atom stereocenters. The van der Waals surface area contributed by atoms with E-state index in [-0.39, 0.29) is 12.8 Å². The maximum absolute atomic E-state index is 13.2. The molecule has 0 aliphatic heterocycles. The van der Waals surface area contributed by atoms with Crippen LogP contribution in [0.2, 0.25) is 0 Å². The van der Waals surface area contributed by atoms with Crippen LogP contribution >= 0.6 is 0 Å². The molecule has 0 spiro atoms. The Morgan fingerprint density at radius 2 is 1.26 bits per heavy atom. The van der Waals surface area contributed by atoms with Gasteiger partial charge in [0.1, 0.15) is 0 Å². The molecular weight excluding hydrogens is 291 g/mol. The molecule has 0 aromatic carbocycles. The summed E-state index contributed by atoms with van der Waals surface area (Å²) in [6.07, 6.45) is -7.22. The molecule has 0 fully saturated rings. The molecule has 0 nitrogen and oxygen atoms in total. The highest BCUT2D eigenvalue weighted by molar-refractivity contribution is 5.03.